The number of esters is 1. The van der Waals surface area contributed by atoms with Crippen LogP contribution in [0.2, 0.25) is 0 Å². The third-order valence-electron chi connectivity index (χ3n) is 7.74. The van der Waals surface area contributed by atoms with Crippen molar-refractivity contribution in [1.82, 2.24) is 9.55 Å². The average molecular weight is 539 g/mol. The SMILES string of the molecule is CC[C@H]1C(=O)OCc2c1cc1n(c2=O)Cc2cc3cc(OCc4cc5cc(OC)cc(OC)c5o4)ccc3nc2-1. The summed E-state index contributed by atoms with van der Waals surface area (Å²) in [5.41, 5.74) is 5.08. The normalized spacial score (nSPS) is 15.5. The molecule has 0 aliphatic carbocycles. The van der Waals surface area contributed by atoms with Crippen molar-refractivity contribution >= 4 is 27.8 Å². The van der Waals surface area contributed by atoms with E-state index in [0.717, 1.165) is 38.8 Å². The lowest BCUT2D eigenvalue weighted by molar-refractivity contribution is -0.148. The zero-order valence-corrected chi connectivity index (χ0v) is 22.3. The molecule has 0 radical (unpaired) electrons. The van der Waals surface area contributed by atoms with E-state index in [9.17, 15) is 9.59 Å². The van der Waals surface area contributed by atoms with Gasteiger partial charge in [-0.3, -0.25) is 9.59 Å². The molecule has 9 heteroatoms. The highest BCUT2D eigenvalue weighted by Gasteiger charge is 2.34. The Kier molecular flexibility index (Phi) is 5.55. The second-order valence-corrected chi connectivity index (χ2v) is 10.0. The van der Waals surface area contributed by atoms with Gasteiger partial charge in [0, 0.05) is 22.4 Å². The van der Waals surface area contributed by atoms with Crippen molar-refractivity contribution in [1.29, 1.82) is 0 Å². The lowest BCUT2D eigenvalue weighted by atomic mass is 9.90. The molecule has 0 saturated heterocycles. The molecular formula is C31H26N2O7. The molecule has 0 bridgehead atoms. The van der Waals surface area contributed by atoms with E-state index in [2.05, 4.69) is 0 Å². The van der Waals surface area contributed by atoms with E-state index >= 15 is 0 Å². The van der Waals surface area contributed by atoms with Gasteiger partial charge in [0.25, 0.3) is 5.56 Å². The molecule has 2 aliphatic rings. The minimum Gasteiger partial charge on any atom is -0.497 e. The standard InChI is InChI=1S/C31H26N2O7/c1-4-22-23-12-26-28-18(13-33(26)30(34)24(23)15-39-31(22)35)7-16-8-19(5-6-25(16)32-28)38-14-21-10-17-9-20(36-2)11-27(37-3)29(17)40-21/h5-12,22H,4,13-15H2,1-3H3/t22-/m1/s1. The van der Waals surface area contributed by atoms with Crippen LogP contribution in [0.1, 0.15) is 41.7 Å². The Balaban J connectivity index is 1.19. The smallest absolute Gasteiger partial charge is 0.313 e. The number of hydrogen-bond donors (Lipinski definition) is 0. The van der Waals surface area contributed by atoms with Gasteiger partial charge in [-0.25, -0.2) is 4.98 Å². The predicted octanol–water partition coefficient (Wildman–Crippen LogP) is 5.32. The van der Waals surface area contributed by atoms with Crippen molar-refractivity contribution in [3.63, 3.8) is 0 Å². The molecule has 5 heterocycles. The number of cyclic esters (lactones) is 1. The molecule has 0 unspecified atom stereocenters. The largest absolute Gasteiger partial charge is 0.497 e. The number of ether oxygens (including phenoxy) is 4. The Bertz CT molecular complexity index is 1900. The van der Waals surface area contributed by atoms with Crippen LogP contribution in [0, 0.1) is 0 Å². The number of aromatic nitrogens is 2. The molecule has 0 spiro atoms. The lowest BCUT2D eigenvalue weighted by Gasteiger charge is -2.24. The molecule has 40 heavy (non-hydrogen) atoms. The van der Waals surface area contributed by atoms with Crippen molar-refractivity contribution in [2.45, 2.75) is 39.0 Å². The van der Waals surface area contributed by atoms with Crippen molar-refractivity contribution in [2.75, 3.05) is 14.2 Å². The van der Waals surface area contributed by atoms with Crippen molar-refractivity contribution in [3.05, 3.63) is 81.3 Å². The third-order valence-corrected chi connectivity index (χ3v) is 7.74. The van der Waals surface area contributed by atoms with Crippen molar-refractivity contribution in [2.24, 2.45) is 0 Å². The number of carbonyl (C=O) groups is 1. The second kappa shape index (κ2) is 9.15. The molecule has 2 aromatic carbocycles. The van der Waals surface area contributed by atoms with Gasteiger partial charge in [0.2, 0.25) is 0 Å². The van der Waals surface area contributed by atoms with Crippen LogP contribution < -0.4 is 19.8 Å². The number of pyridine rings is 2. The highest BCUT2D eigenvalue weighted by molar-refractivity contribution is 5.87. The molecule has 0 saturated carbocycles. The highest BCUT2D eigenvalue weighted by atomic mass is 16.5. The fourth-order valence-corrected chi connectivity index (χ4v) is 5.72. The quantitative estimate of drug-likeness (QED) is 0.263. The van der Waals surface area contributed by atoms with E-state index in [4.69, 9.17) is 28.3 Å². The van der Waals surface area contributed by atoms with Gasteiger partial charge in [-0.1, -0.05) is 6.92 Å². The topological polar surface area (TPSA) is 102 Å². The molecule has 5 aromatic rings. The van der Waals surface area contributed by atoms with E-state index in [-0.39, 0.29) is 24.7 Å². The molecule has 3 aromatic heterocycles. The summed E-state index contributed by atoms with van der Waals surface area (Å²) in [6.45, 7) is 2.59. The van der Waals surface area contributed by atoms with Crippen molar-refractivity contribution in [3.8, 4) is 28.6 Å². The van der Waals surface area contributed by atoms with Crippen LogP contribution in [0.5, 0.6) is 17.2 Å². The number of fused-ring (bicyclic) bond motifs is 6. The van der Waals surface area contributed by atoms with Gasteiger partial charge >= 0.3 is 5.97 Å². The van der Waals surface area contributed by atoms with Crippen LogP contribution in [0.15, 0.2) is 57.7 Å². The molecule has 7 rings (SSSR count). The van der Waals surface area contributed by atoms with E-state index in [1.807, 2.05) is 49.4 Å². The van der Waals surface area contributed by atoms with E-state index in [1.54, 1.807) is 24.9 Å². The number of hydrogen-bond acceptors (Lipinski definition) is 8. The minimum absolute atomic E-state index is 0.0157. The first-order chi connectivity index (χ1) is 19.5. The molecular weight excluding hydrogens is 512 g/mol. The second-order valence-electron chi connectivity index (χ2n) is 10.0. The average Bonchev–Trinajstić information content (AvgIpc) is 3.55. The number of carbonyl (C=O) groups excluding carboxylic acids is 1. The number of benzene rings is 2. The van der Waals surface area contributed by atoms with Crippen LogP contribution in [0.25, 0.3) is 33.3 Å². The fourth-order valence-electron chi connectivity index (χ4n) is 5.72. The highest BCUT2D eigenvalue weighted by Crippen LogP contribution is 2.38. The Hall–Kier alpha value is -4.79. The molecule has 202 valence electrons. The summed E-state index contributed by atoms with van der Waals surface area (Å²) in [6, 6.07) is 15.3. The van der Waals surface area contributed by atoms with Gasteiger partial charge in [-0.15, -0.1) is 0 Å². The molecule has 0 N–H and O–H groups in total. The fraction of sp³-hybridized carbons (Fsp3) is 0.258. The first-order valence-corrected chi connectivity index (χ1v) is 13.1. The maximum Gasteiger partial charge on any atom is 0.313 e. The lowest BCUT2D eigenvalue weighted by Crippen LogP contribution is -2.32. The molecule has 0 fully saturated rings. The minimum atomic E-state index is -0.429. The van der Waals surface area contributed by atoms with Gasteiger partial charge in [-0.05, 0) is 54.4 Å². The summed E-state index contributed by atoms with van der Waals surface area (Å²) in [7, 11) is 3.20. The zero-order valence-electron chi connectivity index (χ0n) is 22.3. The van der Waals surface area contributed by atoms with Gasteiger partial charge in [-0.2, -0.15) is 0 Å². The van der Waals surface area contributed by atoms with Crippen LogP contribution in [-0.2, 0) is 29.3 Å². The van der Waals surface area contributed by atoms with E-state index < -0.39 is 5.92 Å². The summed E-state index contributed by atoms with van der Waals surface area (Å²) < 4.78 is 29.9. The molecule has 0 amide bonds. The first-order valence-electron chi connectivity index (χ1n) is 13.1. The summed E-state index contributed by atoms with van der Waals surface area (Å²) in [5.74, 6) is 1.89. The molecule has 9 nitrogen and oxygen atoms in total. The molecule has 2 aliphatic heterocycles. The van der Waals surface area contributed by atoms with Crippen LogP contribution >= 0.6 is 0 Å². The van der Waals surface area contributed by atoms with E-state index in [1.165, 1.54) is 0 Å². The summed E-state index contributed by atoms with van der Waals surface area (Å²) >= 11 is 0. The summed E-state index contributed by atoms with van der Waals surface area (Å²) in [4.78, 5) is 30.6. The summed E-state index contributed by atoms with van der Waals surface area (Å²) in [5, 5.41) is 1.77. The number of furan rings is 1. The van der Waals surface area contributed by atoms with Crippen molar-refractivity contribution < 1.29 is 28.2 Å². The van der Waals surface area contributed by atoms with Gasteiger partial charge < -0.3 is 27.9 Å². The first kappa shape index (κ1) is 24.3. The molecule has 1 atom stereocenters. The maximum absolute atomic E-state index is 13.4. The van der Waals surface area contributed by atoms with Crippen LogP contribution in [0.4, 0.5) is 0 Å². The van der Waals surface area contributed by atoms with Gasteiger partial charge in [0.05, 0.1) is 49.2 Å². The number of rotatable bonds is 6. The van der Waals surface area contributed by atoms with Gasteiger partial charge in [0.15, 0.2) is 11.3 Å². The van der Waals surface area contributed by atoms with Crippen LogP contribution in [-0.4, -0.2) is 29.7 Å². The van der Waals surface area contributed by atoms with Crippen LogP contribution in [0.3, 0.4) is 0 Å². The zero-order chi connectivity index (χ0) is 27.5. The number of methoxy groups -OCH3 is 2. The Labute approximate surface area is 228 Å². The van der Waals surface area contributed by atoms with Gasteiger partial charge in [0.1, 0.15) is 30.5 Å². The monoisotopic (exact) mass is 538 g/mol. The van der Waals surface area contributed by atoms with E-state index in [0.29, 0.717) is 47.1 Å². The summed E-state index contributed by atoms with van der Waals surface area (Å²) in [6.07, 6.45) is 0.575. The maximum atomic E-state index is 13.4. The third kappa shape index (κ3) is 3.72. The Morgan fingerprint density at radius 2 is 1.85 bits per heavy atom. The predicted molar refractivity (Wildman–Crippen MR) is 147 cm³/mol. The number of nitrogens with zero attached hydrogens (tertiary/aromatic N) is 2. The Morgan fingerprint density at radius 1 is 1.00 bits per heavy atom. The Morgan fingerprint density at radius 3 is 2.65 bits per heavy atom.